The maximum atomic E-state index is 12.8. The van der Waals surface area contributed by atoms with Crippen molar-refractivity contribution in [2.75, 3.05) is 18.8 Å². The number of carbonyl (C=O) groups excluding carboxylic acids is 3. The van der Waals surface area contributed by atoms with E-state index in [1.807, 2.05) is 31.2 Å². The molecular weight excluding hydrogens is 614 g/mol. The Bertz CT molecular complexity index is 1790. The van der Waals surface area contributed by atoms with Crippen molar-refractivity contribution in [1.29, 1.82) is 0 Å². The van der Waals surface area contributed by atoms with Crippen molar-refractivity contribution < 1.29 is 24.3 Å². The Hall–Kier alpha value is -5.46. The molecule has 0 saturated carbocycles. The Balaban J connectivity index is 1.18. The van der Waals surface area contributed by atoms with Crippen LogP contribution in [0.4, 0.5) is 5.95 Å². The van der Waals surface area contributed by atoms with Gasteiger partial charge < -0.3 is 31.8 Å². The minimum Gasteiger partial charge on any atom is -0.480 e. The van der Waals surface area contributed by atoms with Crippen LogP contribution in [-0.4, -0.2) is 62.9 Å². The molecule has 0 unspecified atom stereocenters. The number of carboxylic acid groups (broad SMARTS) is 1. The first-order chi connectivity index (χ1) is 22.9. The number of carboxylic acids is 1. The monoisotopic (exact) mass is 657 g/mol. The Labute approximate surface area is 278 Å². The van der Waals surface area contributed by atoms with E-state index in [0.717, 1.165) is 23.1 Å². The minimum absolute atomic E-state index is 0.0326. The van der Waals surface area contributed by atoms with Gasteiger partial charge in [-0.2, -0.15) is 4.98 Å². The molecule has 0 fully saturated rings. The van der Waals surface area contributed by atoms with Crippen LogP contribution in [0.5, 0.6) is 0 Å². The Kier molecular flexibility index (Phi) is 12.1. The van der Waals surface area contributed by atoms with Gasteiger partial charge in [-0.25, -0.2) is 4.79 Å². The van der Waals surface area contributed by atoms with Crippen molar-refractivity contribution in [3.8, 4) is 0 Å². The second kappa shape index (κ2) is 16.4. The van der Waals surface area contributed by atoms with Gasteiger partial charge in [-0.05, 0) is 72.9 Å². The molecule has 0 aliphatic heterocycles. The van der Waals surface area contributed by atoms with Gasteiger partial charge in [0.1, 0.15) is 11.7 Å². The summed E-state index contributed by atoms with van der Waals surface area (Å²) in [6, 6.07) is 13.5. The molecule has 3 amide bonds. The Morgan fingerprint density at radius 3 is 2.25 bits per heavy atom. The number of hydrogen-bond acceptors (Lipinski definition) is 7. The molecule has 0 bridgehead atoms. The number of anilines is 1. The van der Waals surface area contributed by atoms with Crippen LogP contribution in [0.15, 0.2) is 59.5 Å². The van der Waals surface area contributed by atoms with Crippen LogP contribution in [-0.2, 0) is 33.6 Å². The predicted molar refractivity (Wildman–Crippen MR) is 183 cm³/mol. The van der Waals surface area contributed by atoms with Crippen molar-refractivity contribution in [3.63, 3.8) is 0 Å². The fourth-order valence-electron chi connectivity index (χ4n) is 5.39. The van der Waals surface area contributed by atoms with E-state index in [-0.39, 0.29) is 60.7 Å². The van der Waals surface area contributed by atoms with Gasteiger partial charge >= 0.3 is 5.97 Å². The van der Waals surface area contributed by atoms with E-state index in [1.165, 1.54) is 5.56 Å². The van der Waals surface area contributed by atoms with E-state index in [0.29, 0.717) is 29.8 Å². The summed E-state index contributed by atoms with van der Waals surface area (Å²) in [4.78, 5) is 71.4. The first kappa shape index (κ1) is 35.4. The van der Waals surface area contributed by atoms with Crippen molar-refractivity contribution >= 4 is 40.7 Å². The van der Waals surface area contributed by atoms with Crippen molar-refractivity contribution in [2.45, 2.75) is 64.8 Å². The van der Waals surface area contributed by atoms with Crippen LogP contribution in [0.25, 0.3) is 11.0 Å². The highest BCUT2D eigenvalue weighted by atomic mass is 16.4. The molecule has 0 aliphatic rings. The van der Waals surface area contributed by atoms with Gasteiger partial charge in [-0.15, -0.1) is 0 Å². The quantitative estimate of drug-likeness (QED) is 0.0888. The molecule has 254 valence electrons. The van der Waals surface area contributed by atoms with Crippen LogP contribution in [0.1, 0.15) is 72.1 Å². The van der Waals surface area contributed by atoms with Gasteiger partial charge in [-0.1, -0.05) is 50.2 Å². The third-order valence-corrected chi connectivity index (χ3v) is 8.07. The Morgan fingerprint density at radius 1 is 0.917 bits per heavy atom. The van der Waals surface area contributed by atoms with Crippen LogP contribution in [0.2, 0.25) is 0 Å². The van der Waals surface area contributed by atoms with Gasteiger partial charge in [-0.3, -0.25) is 24.2 Å². The summed E-state index contributed by atoms with van der Waals surface area (Å²) in [5, 5.41) is 18.1. The van der Waals surface area contributed by atoms with E-state index in [1.54, 1.807) is 30.5 Å². The number of aryl methyl sites for hydroxylation is 2. The fourth-order valence-corrected chi connectivity index (χ4v) is 5.39. The number of nitrogens with one attached hydrogen (secondary N) is 5. The van der Waals surface area contributed by atoms with Crippen LogP contribution >= 0.6 is 0 Å². The molecule has 2 atom stereocenters. The van der Waals surface area contributed by atoms with E-state index >= 15 is 0 Å². The largest absolute Gasteiger partial charge is 0.480 e. The molecule has 0 saturated heterocycles. The maximum absolute atomic E-state index is 12.8. The molecule has 2 aromatic carbocycles. The number of nitrogens with two attached hydrogens (primary N) is 1. The number of benzene rings is 2. The van der Waals surface area contributed by atoms with Gasteiger partial charge in [0, 0.05) is 31.3 Å². The first-order valence-electron chi connectivity index (χ1n) is 16.0. The lowest BCUT2D eigenvalue weighted by Gasteiger charge is -2.15. The van der Waals surface area contributed by atoms with Gasteiger partial charge in [0.15, 0.2) is 0 Å². The number of H-pyrrole nitrogens is 2. The number of amides is 3. The lowest BCUT2D eigenvalue weighted by molar-refractivity contribution is -0.139. The van der Waals surface area contributed by atoms with Crippen molar-refractivity contribution in [2.24, 2.45) is 5.92 Å². The molecule has 0 spiro atoms. The zero-order chi connectivity index (χ0) is 34.8. The molecule has 2 heterocycles. The zero-order valence-corrected chi connectivity index (χ0v) is 27.4. The number of aromatic amines is 2. The average molecular weight is 658 g/mol. The fraction of sp³-hybridized carbons (Fsp3) is 0.371. The van der Waals surface area contributed by atoms with Gasteiger partial charge in [0.05, 0.1) is 11.3 Å². The van der Waals surface area contributed by atoms with Crippen LogP contribution < -0.4 is 27.2 Å². The molecule has 4 rings (SSSR count). The summed E-state index contributed by atoms with van der Waals surface area (Å²) >= 11 is 0. The van der Waals surface area contributed by atoms with E-state index < -0.39 is 17.9 Å². The van der Waals surface area contributed by atoms with Gasteiger partial charge in [0.2, 0.25) is 17.8 Å². The molecule has 48 heavy (non-hydrogen) atoms. The molecule has 13 nitrogen and oxygen atoms in total. The Morgan fingerprint density at radius 2 is 1.58 bits per heavy atom. The molecule has 4 aromatic rings. The van der Waals surface area contributed by atoms with E-state index in [2.05, 4.69) is 44.7 Å². The van der Waals surface area contributed by atoms with Crippen LogP contribution in [0, 0.1) is 5.92 Å². The third-order valence-electron chi connectivity index (χ3n) is 8.07. The van der Waals surface area contributed by atoms with E-state index in [4.69, 9.17) is 5.73 Å². The number of hydrogen-bond donors (Lipinski definition) is 7. The highest BCUT2D eigenvalue weighted by Gasteiger charge is 2.22. The predicted octanol–water partition coefficient (Wildman–Crippen LogP) is 2.82. The molecule has 13 heteroatoms. The number of fused-ring (bicyclic) bond motifs is 1. The average Bonchev–Trinajstić information content (AvgIpc) is 3.46. The van der Waals surface area contributed by atoms with Crippen molar-refractivity contribution in [1.82, 2.24) is 30.9 Å². The summed E-state index contributed by atoms with van der Waals surface area (Å²) in [7, 11) is 0. The summed E-state index contributed by atoms with van der Waals surface area (Å²) in [6.07, 6.45) is 3.59. The minimum atomic E-state index is -1.27. The zero-order valence-electron chi connectivity index (χ0n) is 27.4. The molecule has 8 N–H and O–H groups in total. The number of carbonyl (C=O) groups is 4. The number of nitrogens with zero attached hydrogens (tertiary/aromatic N) is 1. The first-order valence-corrected chi connectivity index (χ1v) is 16.0. The second-order valence-electron chi connectivity index (χ2n) is 12.3. The lowest BCUT2D eigenvalue weighted by atomic mass is 9.96. The molecular formula is C35H43N7O6. The lowest BCUT2D eigenvalue weighted by Crippen LogP contribution is -2.42. The van der Waals surface area contributed by atoms with E-state index in [9.17, 15) is 29.1 Å². The number of aromatic nitrogens is 3. The summed E-state index contributed by atoms with van der Waals surface area (Å²) in [6.45, 7) is 6.55. The maximum Gasteiger partial charge on any atom is 0.326 e. The van der Waals surface area contributed by atoms with Gasteiger partial charge in [0.25, 0.3) is 11.5 Å². The normalized spacial score (nSPS) is 12.4. The highest BCUT2D eigenvalue weighted by molar-refractivity contribution is 5.96. The number of aliphatic carboxylic acids is 1. The molecule has 0 radical (unpaired) electrons. The second-order valence-corrected chi connectivity index (χ2v) is 12.3. The number of rotatable bonds is 16. The summed E-state index contributed by atoms with van der Waals surface area (Å²) in [5.74, 6) is -2.14. The smallest absolute Gasteiger partial charge is 0.326 e. The topological polar surface area (TPSA) is 212 Å². The van der Waals surface area contributed by atoms with Crippen molar-refractivity contribution in [3.05, 3.63) is 92.9 Å². The SMILES string of the molecule is CC(C)Cc1ccc([C@H](C)C(=O)NCCNC(=O)CC[C@H](NC(=O)c2ccc(CCc3c[nH]c4nc(N)[nH]c(=O)c34)cc2)C(=O)O)cc1. The standard InChI is InChI=1S/C35H43N7O6/c1-20(2)18-23-7-9-24(10-8-23)21(3)31(44)38-17-16-37-28(43)15-14-27(34(47)48)40-32(45)25-11-4-22(5-12-25)6-13-26-19-39-30-29(26)33(46)42-35(36)41-30/h4-5,7-12,19-21,27H,6,13-18H2,1-3H3,(H,37,43)(H,38,44)(H,40,45)(H,47,48)(H4,36,39,41,42,46)/t21-,27-/m0/s1. The summed E-state index contributed by atoms with van der Waals surface area (Å²) in [5.41, 5.74) is 9.79. The van der Waals surface area contributed by atoms with Crippen LogP contribution in [0.3, 0.4) is 0 Å². The highest BCUT2D eigenvalue weighted by Crippen LogP contribution is 2.18. The third kappa shape index (κ3) is 9.77. The molecule has 2 aromatic heterocycles. The molecule has 0 aliphatic carbocycles. The number of nitrogen functional groups attached to an aromatic ring is 1. The summed E-state index contributed by atoms with van der Waals surface area (Å²) < 4.78 is 0.